The van der Waals surface area contributed by atoms with E-state index in [4.69, 9.17) is 15.7 Å². The highest BCUT2D eigenvalue weighted by Crippen LogP contribution is 2.45. The van der Waals surface area contributed by atoms with Crippen molar-refractivity contribution >= 4 is 21.4 Å². The summed E-state index contributed by atoms with van der Waals surface area (Å²) in [6, 6.07) is 15.8. The number of nitrogens with two attached hydrogens (primary N) is 1. The van der Waals surface area contributed by atoms with Crippen molar-refractivity contribution in [2.75, 3.05) is 43.4 Å². The summed E-state index contributed by atoms with van der Waals surface area (Å²) < 4.78 is 35.2. The Balaban J connectivity index is 1.36. The van der Waals surface area contributed by atoms with Gasteiger partial charge >= 0.3 is 5.56 Å². The molecule has 10 nitrogen and oxygen atoms in total. The highest BCUT2D eigenvalue weighted by molar-refractivity contribution is 7.88. The number of aromatic nitrogens is 2. The number of sulfonamides is 1. The maximum absolute atomic E-state index is 13.5. The molecule has 1 saturated heterocycles. The van der Waals surface area contributed by atoms with Gasteiger partial charge in [0, 0.05) is 37.3 Å². The Kier molecular flexibility index (Phi) is 6.86. The average Bonchev–Trinajstić information content (AvgIpc) is 3.66. The van der Waals surface area contributed by atoms with Crippen LogP contribution >= 0.6 is 0 Å². The number of benzene rings is 2. The minimum absolute atomic E-state index is 0.0715. The second kappa shape index (κ2) is 10.1. The molecule has 198 valence electrons. The summed E-state index contributed by atoms with van der Waals surface area (Å²) in [4.78, 5) is 15.4. The first-order valence-corrected chi connectivity index (χ1v) is 14.1. The highest BCUT2D eigenvalue weighted by atomic mass is 32.2. The topological polar surface area (TPSA) is 135 Å². The molecule has 3 aromatic rings. The normalized spacial score (nSPS) is 17.1. The fraction of sp³-hybridized carbons (Fsp3) is 0.370. The molecule has 0 amide bonds. The zero-order valence-corrected chi connectivity index (χ0v) is 22.0. The Bertz CT molecular complexity index is 1540. The van der Waals surface area contributed by atoms with Gasteiger partial charge in [0.15, 0.2) is 0 Å². The minimum Gasteiger partial charge on any atom is -0.486 e. The van der Waals surface area contributed by atoms with Gasteiger partial charge in [0.1, 0.15) is 5.69 Å². The Labute approximate surface area is 221 Å². The van der Waals surface area contributed by atoms with Crippen LogP contribution in [0.15, 0.2) is 59.5 Å². The molecule has 2 N–H and O–H groups in total. The maximum atomic E-state index is 13.5. The quantitative estimate of drug-likeness (QED) is 0.436. The zero-order valence-electron chi connectivity index (χ0n) is 21.2. The van der Waals surface area contributed by atoms with Gasteiger partial charge in [-0.15, -0.1) is 0 Å². The van der Waals surface area contributed by atoms with E-state index < -0.39 is 10.0 Å². The lowest BCUT2D eigenvalue weighted by Gasteiger charge is -2.35. The van der Waals surface area contributed by atoms with Crippen LogP contribution in [0.4, 0.5) is 11.4 Å². The third-order valence-corrected chi connectivity index (χ3v) is 8.99. The van der Waals surface area contributed by atoms with E-state index in [1.807, 2.05) is 41.3 Å². The van der Waals surface area contributed by atoms with Crippen LogP contribution in [0, 0.1) is 16.7 Å². The van der Waals surface area contributed by atoms with Gasteiger partial charge in [-0.2, -0.15) is 19.3 Å². The fourth-order valence-electron chi connectivity index (χ4n) is 4.44. The average molecular weight is 535 g/mol. The van der Waals surface area contributed by atoms with Crippen LogP contribution in [-0.2, 0) is 15.8 Å². The van der Waals surface area contributed by atoms with Gasteiger partial charge in [-0.05, 0) is 48.7 Å². The van der Waals surface area contributed by atoms with Crippen molar-refractivity contribution in [2.45, 2.75) is 25.5 Å². The molecular formula is C27H30N6O4S. The molecule has 2 aliphatic rings. The first kappa shape index (κ1) is 25.8. The summed E-state index contributed by atoms with van der Waals surface area (Å²) in [6.07, 6.45) is 3.73. The van der Waals surface area contributed by atoms with Gasteiger partial charge in [0.05, 0.1) is 35.9 Å². The molecule has 1 saturated carbocycles. The van der Waals surface area contributed by atoms with Crippen LogP contribution in [0.1, 0.15) is 30.9 Å². The first-order valence-electron chi connectivity index (χ1n) is 12.5. The lowest BCUT2D eigenvalue weighted by Crippen LogP contribution is -2.49. The van der Waals surface area contributed by atoms with Gasteiger partial charge in [-0.25, -0.2) is 8.42 Å². The third-order valence-electron chi connectivity index (χ3n) is 7.17. The Morgan fingerprint density at radius 1 is 1.11 bits per heavy atom. The molecule has 2 fully saturated rings. The smallest absolute Gasteiger partial charge is 0.316 e. The summed E-state index contributed by atoms with van der Waals surface area (Å²) >= 11 is 0. The number of nitriles is 1. The van der Waals surface area contributed by atoms with Crippen LogP contribution in [-0.4, -0.2) is 55.3 Å². The highest BCUT2D eigenvalue weighted by Gasteiger charge is 2.39. The molecular weight excluding hydrogens is 504 g/mol. The number of nitrogen functional groups attached to an aromatic ring is 1. The molecule has 0 spiro atoms. The number of hydrogen-bond acceptors (Lipinski definition) is 8. The van der Waals surface area contributed by atoms with E-state index in [-0.39, 0.29) is 35.6 Å². The van der Waals surface area contributed by atoms with Crippen molar-refractivity contribution in [1.29, 1.82) is 5.26 Å². The van der Waals surface area contributed by atoms with E-state index in [9.17, 15) is 13.2 Å². The number of anilines is 2. The fourth-order valence-corrected chi connectivity index (χ4v) is 5.99. The van der Waals surface area contributed by atoms with Crippen molar-refractivity contribution in [2.24, 2.45) is 5.41 Å². The van der Waals surface area contributed by atoms with E-state index in [1.54, 1.807) is 18.3 Å². The molecule has 11 heteroatoms. The van der Waals surface area contributed by atoms with Crippen molar-refractivity contribution in [3.05, 3.63) is 76.2 Å². The molecule has 1 aromatic heterocycles. The van der Waals surface area contributed by atoms with Gasteiger partial charge in [-0.3, -0.25) is 4.79 Å². The standard InChI is InChI=1S/C27H30N6O4S/c1-27(9-10-27)19-37-25-24(17-30-33(26(25)34)22-5-3-2-4-6-22)31-11-13-32(14-12-31)38(35,36)18-21-15-20(16-28)7-8-23(21)29/h2-8,15,17H,9-14,18-19,29H2,1H3. The number of ether oxygens (including phenoxy) is 1. The van der Waals surface area contributed by atoms with Crippen molar-refractivity contribution in [3.63, 3.8) is 0 Å². The molecule has 38 heavy (non-hydrogen) atoms. The van der Waals surface area contributed by atoms with Crippen molar-refractivity contribution < 1.29 is 13.2 Å². The van der Waals surface area contributed by atoms with Gasteiger partial charge in [-0.1, -0.05) is 25.1 Å². The predicted octanol–water partition coefficient (Wildman–Crippen LogP) is 2.52. The summed E-state index contributed by atoms with van der Waals surface area (Å²) in [5.74, 6) is -0.0509. The van der Waals surface area contributed by atoms with Gasteiger partial charge < -0.3 is 15.4 Å². The molecule has 5 rings (SSSR count). The van der Waals surface area contributed by atoms with Crippen molar-refractivity contribution in [1.82, 2.24) is 14.1 Å². The predicted molar refractivity (Wildman–Crippen MR) is 145 cm³/mol. The van der Waals surface area contributed by atoms with Gasteiger partial charge in [0.25, 0.3) is 0 Å². The summed E-state index contributed by atoms with van der Waals surface area (Å²) in [5, 5.41) is 13.6. The van der Waals surface area contributed by atoms with Crippen LogP contribution in [0.5, 0.6) is 5.75 Å². The van der Waals surface area contributed by atoms with Crippen LogP contribution in [0.25, 0.3) is 5.69 Å². The van der Waals surface area contributed by atoms with E-state index in [2.05, 4.69) is 12.0 Å². The number of rotatable bonds is 8. The van der Waals surface area contributed by atoms with Crippen LogP contribution in [0.2, 0.25) is 0 Å². The SMILES string of the molecule is CC1(COc2c(N3CCN(S(=O)(=O)Cc4cc(C#N)ccc4N)CC3)cnn(-c3ccccc3)c2=O)CC1. The van der Waals surface area contributed by atoms with E-state index in [0.29, 0.717) is 47.9 Å². The summed E-state index contributed by atoms with van der Waals surface area (Å²) in [6.45, 7) is 3.78. The second-order valence-electron chi connectivity index (χ2n) is 10.2. The number of hydrogen-bond donors (Lipinski definition) is 1. The minimum atomic E-state index is -3.67. The summed E-state index contributed by atoms with van der Waals surface area (Å²) in [5.41, 5.74) is 8.01. The molecule has 2 aromatic carbocycles. The molecule has 1 aliphatic heterocycles. The molecule has 1 aliphatic carbocycles. The number of piperazine rings is 1. The second-order valence-corrected chi connectivity index (χ2v) is 12.1. The lowest BCUT2D eigenvalue weighted by molar-refractivity contribution is 0.242. The Hall–Kier alpha value is -3.88. The Morgan fingerprint density at radius 2 is 1.82 bits per heavy atom. The number of nitrogens with zero attached hydrogens (tertiary/aromatic N) is 5. The van der Waals surface area contributed by atoms with E-state index >= 15 is 0 Å². The van der Waals surface area contributed by atoms with E-state index in [0.717, 1.165) is 12.8 Å². The molecule has 0 atom stereocenters. The molecule has 2 heterocycles. The van der Waals surface area contributed by atoms with Gasteiger partial charge in [0.2, 0.25) is 15.8 Å². The first-order chi connectivity index (χ1) is 18.2. The largest absolute Gasteiger partial charge is 0.486 e. The lowest BCUT2D eigenvalue weighted by atomic mass is 10.1. The van der Waals surface area contributed by atoms with Crippen LogP contribution < -0.4 is 20.9 Å². The molecule has 0 radical (unpaired) electrons. The number of para-hydroxylation sites is 1. The summed E-state index contributed by atoms with van der Waals surface area (Å²) in [7, 11) is -3.67. The third kappa shape index (κ3) is 5.37. The Morgan fingerprint density at radius 3 is 2.47 bits per heavy atom. The van der Waals surface area contributed by atoms with Crippen molar-refractivity contribution in [3.8, 4) is 17.5 Å². The van der Waals surface area contributed by atoms with E-state index in [1.165, 1.54) is 15.1 Å². The maximum Gasteiger partial charge on any atom is 0.316 e. The molecule has 0 bridgehead atoms. The van der Waals surface area contributed by atoms with Crippen LogP contribution in [0.3, 0.4) is 0 Å². The monoisotopic (exact) mass is 534 g/mol. The zero-order chi connectivity index (χ0) is 26.9. The molecule has 0 unspecified atom stereocenters.